The Morgan fingerprint density at radius 1 is 1.29 bits per heavy atom. The van der Waals surface area contributed by atoms with Gasteiger partial charge in [0.25, 0.3) is 0 Å². The van der Waals surface area contributed by atoms with Gasteiger partial charge in [-0.05, 0) is 51.2 Å². The SMILES string of the molecule is CC(C)(C)[S+]([O-])N[C@H]1CCCc2ccccc21. The van der Waals surface area contributed by atoms with Crippen LogP contribution in [0.1, 0.15) is 50.8 Å². The molecule has 0 fully saturated rings. The van der Waals surface area contributed by atoms with Gasteiger partial charge in [0.2, 0.25) is 0 Å². The third-order valence-electron chi connectivity index (χ3n) is 3.17. The first-order valence-corrected chi connectivity index (χ1v) is 7.39. The Balaban J connectivity index is 2.14. The third-order valence-corrected chi connectivity index (χ3v) is 4.79. The molecule has 0 heterocycles. The van der Waals surface area contributed by atoms with Crippen LogP contribution in [-0.2, 0) is 17.8 Å². The molecule has 17 heavy (non-hydrogen) atoms. The molecule has 1 N–H and O–H groups in total. The lowest BCUT2D eigenvalue weighted by Crippen LogP contribution is -2.42. The zero-order chi connectivity index (χ0) is 12.5. The molecule has 94 valence electrons. The van der Waals surface area contributed by atoms with Crippen molar-refractivity contribution in [3.63, 3.8) is 0 Å². The molecule has 0 bridgehead atoms. The maximum Gasteiger partial charge on any atom is 0.136 e. The highest BCUT2D eigenvalue weighted by atomic mass is 32.2. The summed E-state index contributed by atoms with van der Waals surface area (Å²) in [6.45, 7) is 6.01. The zero-order valence-electron chi connectivity index (χ0n) is 10.8. The lowest BCUT2D eigenvalue weighted by Gasteiger charge is -2.31. The minimum atomic E-state index is -0.992. The summed E-state index contributed by atoms with van der Waals surface area (Å²) in [5, 5.41) is 0. The molecule has 0 radical (unpaired) electrons. The topological polar surface area (TPSA) is 35.1 Å². The summed E-state index contributed by atoms with van der Waals surface area (Å²) < 4.78 is 15.2. The molecule has 1 aromatic rings. The van der Waals surface area contributed by atoms with Crippen LogP contribution in [0.3, 0.4) is 0 Å². The van der Waals surface area contributed by atoms with E-state index in [-0.39, 0.29) is 10.8 Å². The van der Waals surface area contributed by atoms with E-state index in [2.05, 4.69) is 29.0 Å². The number of rotatable bonds is 2. The van der Waals surface area contributed by atoms with Crippen molar-refractivity contribution in [3.05, 3.63) is 35.4 Å². The fourth-order valence-corrected chi connectivity index (χ4v) is 3.04. The van der Waals surface area contributed by atoms with Crippen molar-refractivity contribution < 1.29 is 4.55 Å². The van der Waals surface area contributed by atoms with E-state index in [9.17, 15) is 4.55 Å². The third kappa shape index (κ3) is 3.03. The van der Waals surface area contributed by atoms with Gasteiger partial charge >= 0.3 is 0 Å². The molecule has 3 heteroatoms. The van der Waals surface area contributed by atoms with E-state index >= 15 is 0 Å². The number of hydrogen-bond acceptors (Lipinski definition) is 2. The van der Waals surface area contributed by atoms with E-state index in [1.165, 1.54) is 17.5 Å². The van der Waals surface area contributed by atoms with Gasteiger partial charge in [0.1, 0.15) is 4.75 Å². The van der Waals surface area contributed by atoms with Gasteiger partial charge < -0.3 is 4.55 Å². The average Bonchev–Trinajstić information content (AvgIpc) is 2.28. The van der Waals surface area contributed by atoms with Crippen LogP contribution >= 0.6 is 0 Å². The highest BCUT2D eigenvalue weighted by molar-refractivity contribution is 7.90. The minimum Gasteiger partial charge on any atom is -0.598 e. The maximum atomic E-state index is 12.1. The zero-order valence-corrected chi connectivity index (χ0v) is 11.6. The monoisotopic (exact) mass is 251 g/mol. The summed E-state index contributed by atoms with van der Waals surface area (Å²) in [5.41, 5.74) is 2.73. The number of benzene rings is 1. The van der Waals surface area contributed by atoms with Crippen LogP contribution in [-0.4, -0.2) is 9.30 Å². The number of fused-ring (bicyclic) bond motifs is 1. The van der Waals surface area contributed by atoms with Gasteiger partial charge in [0.05, 0.1) is 6.04 Å². The molecule has 2 rings (SSSR count). The highest BCUT2D eigenvalue weighted by Crippen LogP contribution is 2.31. The second-order valence-corrected chi connectivity index (χ2v) is 7.64. The van der Waals surface area contributed by atoms with Crippen molar-refractivity contribution in [2.24, 2.45) is 0 Å². The first-order valence-electron chi connectivity index (χ1n) is 6.24. The van der Waals surface area contributed by atoms with Gasteiger partial charge in [-0.1, -0.05) is 24.3 Å². The molecule has 1 aliphatic rings. The highest BCUT2D eigenvalue weighted by Gasteiger charge is 2.31. The summed E-state index contributed by atoms with van der Waals surface area (Å²) in [7, 11) is 0. The molecule has 0 saturated heterocycles. The molecule has 1 unspecified atom stereocenters. The van der Waals surface area contributed by atoms with E-state index < -0.39 is 11.4 Å². The van der Waals surface area contributed by atoms with E-state index in [1.54, 1.807) is 0 Å². The van der Waals surface area contributed by atoms with Crippen molar-refractivity contribution >= 4 is 11.4 Å². The fraction of sp³-hybridized carbons (Fsp3) is 0.571. The molecule has 2 nitrogen and oxygen atoms in total. The number of aryl methyl sites for hydroxylation is 1. The van der Waals surface area contributed by atoms with E-state index in [4.69, 9.17) is 0 Å². The normalized spacial score (nSPS) is 22.0. The first kappa shape index (κ1) is 12.9. The largest absolute Gasteiger partial charge is 0.598 e. The summed E-state index contributed by atoms with van der Waals surface area (Å²) in [4.78, 5) is 0. The molecule has 0 spiro atoms. The van der Waals surface area contributed by atoms with Gasteiger partial charge in [-0.3, -0.25) is 0 Å². The van der Waals surface area contributed by atoms with Crippen molar-refractivity contribution in [1.29, 1.82) is 0 Å². The lowest BCUT2D eigenvalue weighted by atomic mass is 9.88. The Hall–Kier alpha value is -0.510. The Morgan fingerprint density at radius 2 is 2.00 bits per heavy atom. The Labute approximate surface area is 107 Å². The lowest BCUT2D eigenvalue weighted by molar-refractivity contribution is 0.489. The molecular weight excluding hydrogens is 230 g/mol. The van der Waals surface area contributed by atoms with Crippen LogP contribution in [0.15, 0.2) is 24.3 Å². The van der Waals surface area contributed by atoms with E-state index in [0.29, 0.717) is 0 Å². The van der Waals surface area contributed by atoms with Crippen LogP contribution in [0.4, 0.5) is 0 Å². The molecule has 0 aliphatic heterocycles. The Kier molecular flexibility index (Phi) is 3.81. The van der Waals surface area contributed by atoms with Crippen molar-refractivity contribution in [1.82, 2.24) is 4.72 Å². The summed E-state index contributed by atoms with van der Waals surface area (Å²) in [6.07, 6.45) is 3.41. The molecular formula is C14H21NOS. The second kappa shape index (κ2) is 5.01. The van der Waals surface area contributed by atoms with Gasteiger partial charge in [-0.15, -0.1) is 4.72 Å². The average molecular weight is 251 g/mol. The number of hydrogen-bond donors (Lipinski definition) is 1. The molecule has 2 atom stereocenters. The van der Waals surface area contributed by atoms with Gasteiger partial charge in [0, 0.05) is 11.4 Å². The van der Waals surface area contributed by atoms with E-state index in [0.717, 1.165) is 12.8 Å². The van der Waals surface area contributed by atoms with Crippen LogP contribution in [0.5, 0.6) is 0 Å². The minimum absolute atomic E-state index is 0.202. The standard InChI is InChI=1S/C14H21NOS/c1-14(2,3)17(16)15-13-10-6-8-11-7-4-5-9-12(11)13/h4-5,7,9,13,15H,6,8,10H2,1-3H3/t13-,17?/m0/s1. The fourth-order valence-electron chi connectivity index (χ4n) is 2.18. The predicted molar refractivity (Wildman–Crippen MR) is 73.2 cm³/mol. The van der Waals surface area contributed by atoms with Crippen LogP contribution < -0.4 is 4.72 Å². The molecule has 1 aliphatic carbocycles. The van der Waals surface area contributed by atoms with Crippen LogP contribution in [0.2, 0.25) is 0 Å². The van der Waals surface area contributed by atoms with E-state index in [1.807, 2.05) is 20.8 Å². The van der Waals surface area contributed by atoms with Gasteiger partial charge in [-0.2, -0.15) is 0 Å². The molecule has 0 amide bonds. The van der Waals surface area contributed by atoms with Gasteiger partial charge in [0.15, 0.2) is 0 Å². The summed E-state index contributed by atoms with van der Waals surface area (Å²) in [6, 6.07) is 8.75. The Bertz CT molecular complexity index is 386. The maximum absolute atomic E-state index is 12.1. The van der Waals surface area contributed by atoms with Crippen molar-refractivity contribution in [2.75, 3.05) is 0 Å². The molecule has 0 aromatic heterocycles. The first-order chi connectivity index (χ1) is 7.98. The second-order valence-electron chi connectivity index (χ2n) is 5.64. The quantitative estimate of drug-likeness (QED) is 0.820. The Morgan fingerprint density at radius 3 is 2.71 bits per heavy atom. The summed E-state index contributed by atoms with van der Waals surface area (Å²) >= 11 is -0.992. The smallest absolute Gasteiger partial charge is 0.136 e. The number of nitrogens with one attached hydrogen (secondary N) is 1. The van der Waals surface area contributed by atoms with Crippen LogP contribution in [0.25, 0.3) is 0 Å². The molecule has 0 saturated carbocycles. The van der Waals surface area contributed by atoms with Crippen LogP contribution in [0, 0.1) is 0 Å². The predicted octanol–water partition coefficient (Wildman–Crippen LogP) is 3.12. The summed E-state index contributed by atoms with van der Waals surface area (Å²) in [5.74, 6) is 0. The molecule has 1 aromatic carbocycles. The van der Waals surface area contributed by atoms with Crippen molar-refractivity contribution in [3.8, 4) is 0 Å². The van der Waals surface area contributed by atoms with Crippen molar-refractivity contribution in [2.45, 2.75) is 50.8 Å². The van der Waals surface area contributed by atoms with Gasteiger partial charge in [-0.25, -0.2) is 0 Å².